The highest BCUT2D eigenvalue weighted by Gasteiger charge is 2.34. The number of amides is 1. The molecule has 0 radical (unpaired) electrons. The minimum absolute atomic E-state index is 0.0902. The van der Waals surface area contributed by atoms with Crippen LogP contribution in [0, 0.1) is 13.8 Å². The van der Waals surface area contributed by atoms with Crippen molar-refractivity contribution < 1.29 is 22.5 Å². The normalized spacial score (nSPS) is 14.8. The summed E-state index contributed by atoms with van der Waals surface area (Å²) in [5, 5.41) is 3.73. The van der Waals surface area contributed by atoms with Crippen molar-refractivity contribution in [2.24, 2.45) is 0 Å². The van der Waals surface area contributed by atoms with Crippen LogP contribution in [0.2, 0.25) is 0 Å². The SMILES string of the molecule is Cc1noc(C)c1S(=O)(=O)N1CCN(C(=O)CCC(=O)c2ccc(-c3ccccc3)cc2)CC1. The Morgan fingerprint density at radius 3 is 2.09 bits per heavy atom. The van der Waals surface area contributed by atoms with Gasteiger partial charge in [-0.3, -0.25) is 9.59 Å². The van der Waals surface area contributed by atoms with E-state index in [2.05, 4.69) is 5.16 Å². The molecule has 0 spiro atoms. The van der Waals surface area contributed by atoms with Crippen molar-refractivity contribution in [3.8, 4) is 11.1 Å². The number of piperazine rings is 1. The van der Waals surface area contributed by atoms with Gasteiger partial charge in [-0.1, -0.05) is 59.8 Å². The molecule has 0 bridgehead atoms. The number of hydrogen-bond acceptors (Lipinski definition) is 6. The van der Waals surface area contributed by atoms with Gasteiger partial charge in [-0.2, -0.15) is 4.31 Å². The number of aryl methyl sites for hydroxylation is 2. The highest BCUT2D eigenvalue weighted by molar-refractivity contribution is 7.89. The lowest BCUT2D eigenvalue weighted by molar-refractivity contribution is -0.132. The van der Waals surface area contributed by atoms with Crippen LogP contribution in [0.3, 0.4) is 0 Å². The molecule has 1 fully saturated rings. The fourth-order valence-electron chi connectivity index (χ4n) is 4.15. The van der Waals surface area contributed by atoms with Gasteiger partial charge in [0.2, 0.25) is 15.9 Å². The molecule has 1 aromatic heterocycles. The van der Waals surface area contributed by atoms with Crippen LogP contribution in [0.5, 0.6) is 0 Å². The summed E-state index contributed by atoms with van der Waals surface area (Å²) >= 11 is 0. The molecule has 0 unspecified atom stereocenters. The second-order valence-electron chi connectivity index (χ2n) is 8.30. The number of carbonyl (C=O) groups excluding carboxylic acids is 2. The average molecular weight is 482 g/mol. The van der Waals surface area contributed by atoms with Crippen molar-refractivity contribution in [1.82, 2.24) is 14.4 Å². The Balaban J connectivity index is 1.29. The van der Waals surface area contributed by atoms with Crippen LogP contribution >= 0.6 is 0 Å². The van der Waals surface area contributed by atoms with Gasteiger partial charge in [0, 0.05) is 44.6 Å². The van der Waals surface area contributed by atoms with Gasteiger partial charge in [0.25, 0.3) is 0 Å². The molecule has 9 heteroatoms. The number of aromatic nitrogens is 1. The van der Waals surface area contributed by atoms with Gasteiger partial charge in [-0.05, 0) is 25.0 Å². The number of Topliss-reactive ketones (excluding diaryl/α,β-unsaturated/α-hetero) is 1. The van der Waals surface area contributed by atoms with Gasteiger partial charge in [0.15, 0.2) is 11.5 Å². The van der Waals surface area contributed by atoms with E-state index in [4.69, 9.17) is 4.52 Å². The van der Waals surface area contributed by atoms with Crippen LogP contribution in [-0.2, 0) is 14.8 Å². The Hall–Kier alpha value is -3.30. The van der Waals surface area contributed by atoms with Gasteiger partial charge >= 0.3 is 0 Å². The number of hydrogen-bond donors (Lipinski definition) is 0. The lowest BCUT2D eigenvalue weighted by Crippen LogP contribution is -2.50. The lowest BCUT2D eigenvalue weighted by Gasteiger charge is -2.34. The molecule has 0 N–H and O–H groups in total. The summed E-state index contributed by atoms with van der Waals surface area (Å²) in [5.41, 5.74) is 3.00. The molecule has 1 aliphatic heterocycles. The number of carbonyl (C=O) groups is 2. The second kappa shape index (κ2) is 9.90. The Bertz CT molecular complexity index is 1260. The summed E-state index contributed by atoms with van der Waals surface area (Å²) in [5.74, 6) is 0.0162. The van der Waals surface area contributed by atoms with Crippen molar-refractivity contribution in [1.29, 1.82) is 0 Å². The molecular formula is C25H27N3O5S. The Morgan fingerprint density at radius 2 is 1.50 bits per heavy atom. The van der Waals surface area contributed by atoms with Gasteiger partial charge in [0.05, 0.1) is 0 Å². The van der Waals surface area contributed by atoms with E-state index >= 15 is 0 Å². The maximum atomic E-state index is 12.9. The van der Waals surface area contributed by atoms with Crippen LogP contribution < -0.4 is 0 Å². The van der Waals surface area contributed by atoms with Crippen molar-refractivity contribution in [2.75, 3.05) is 26.2 Å². The van der Waals surface area contributed by atoms with Crippen LogP contribution in [0.1, 0.15) is 34.7 Å². The smallest absolute Gasteiger partial charge is 0.248 e. The van der Waals surface area contributed by atoms with E-state index in [1.165, 1.54) is 4.31 Å². The molecule has 3 aromatic rings. The summed E-state index contributed by atoms with van der Waals surface area (Å²) < 4.78 is 32.2. The molecular weight excluding hydrogens is 454 g/mol. The standard InChI is InChI=1S/C25H27N3O5S/c1-18-25(19(2)33-26-18)34(31,32)28-16-14-27(15-17-28)24(30)13-12-23(29)22-10-8-21(9-11-22)20-6-4-3-5-7-20/h3-11H,12-17H2,1-2H3. The molecule has 0 saturated carbocycles. The van der Waals surface area contributed by atoms with Crippen LogP contribution in [0.15, 0.2) is 64.0 Å². The topological polar surface area (TPSA) is 101 Å². The monoisotopic (exact) mass is 481 g/mol. The van der Waals surface area contributed by atoms with E-state index in [0.29, 0.717) is 11.3 Å². The number of sulfonamides is 1. The molecule has 178 valence electrons. The fourth-order valence-corrected chi connectivity index (χ4v) is 5.87. The number of nitrogens with zero attached hydrogens (tertiary/aromatic N) is 3. The highest BCUT2D eigenvalue weighted by atomic mass is 32.2. The van der Waals surface area contributed by atoms with Gasteiger partial charge in [-0.25, -0.2) is 8.42 Å². The molecule has 34 heavy (non-hydrogen) atoms. The predicted octanol–water partition coefficient (Wildman–Crippen LogP) is 3.45. The van der Waals surface area contributed by atoms with Gasteiger partial charge in [0.1, 0.15) is 10.6 Å². The first kappa shape index (κ1) is 23.8. The molecule has 0 aliphatic carbocycles. The third kappa shape index (κ3) is 4.95. The largest absolute Gasteiger partial charge is 0.360 e. The molecule has 1 saturated heterocycles. The van der Waals surface area contributed by atoms with E-state index in [1.807, 2.05) is 42.5 Å². The Kier molecular flexibility index (Phi) is 6.95. The molecule has 1 aliphatic rings. The first-order chi connectivity index (χ1) is 16.3. The number of benzene rings is 2. The quantitative estimate of drug-likeness (QED) is 0.479. The summed E-state index contributed by atoms with van der Waals surface area (Å²) in [7, 11) is -3.73. The molecule has 2 aromatic carbocycles. The number of rotatable bonds is 7. The Labute approximate surface area is 199 Å². The van der Waals surface area contributed by atoms with Crippen LogP contribution in [-0.4, -0.2) is 60.6 Å². The first-order valence-electron chi connectivity index (χ1n) is 11.2. The third-order valence-corrected chi connectivity index (χ3v) is 8.18. The molecule has 0 atom stereocenters. The zero-order valence-electron chi connectivity index (χ0n) is 19.2. The minimum atomic E-state index is -3.73. The van der Waals surface area contributed by atoms with Crippen LogP contribution in [0.25, 0.3) is 11.1 Å². The minimum Gasteiger partial charge on any atom is -0.360 e. The maximum Gasteiger partial charge on any atom is 0.248 e. The highest BCUT2D eigenvalue weighted by Crippen LogP contribution is 2.24. The molecule has 2 heterocycles. The average Bonchev–Trinajstić information content (AvgIpc) is 3.21. The second-order valence-corrected chi connectivity index (χ2v) is 10.2. The molecule has 4 rings (SSSR count). The maximum absolute atomic E-state index is 12.9. The molecule has 8 nitrogen and oxygen atoms in total. The van der Waals surface area contributed by atoms with E-state index in [1.54, 1.807) is 30.9 Å². The van der Waals surface area contributed by atoms with Gasteiger partial charge < -0.3 is 9.42 Å². The first-order valence-corrected chi connectivity index (χ1v) is 12.6. The van der Waals surface area contributed by atoms with Crippen molar-refractivity contribution in [2.45, 2.75) is 31.6 Å². The summed E-state index contributed by atoms with van der Waals surface area (Å²) in [6.07, 6.45) is 0.205. The Morgan fingerprint density at radius 1 is 0.882 bits per heavy atom. The predicted molar refractivity (Wildman–Crippen MR) is 127 cm³/mol. The van der Waals surface area contributed by atoms with Crippen molar-refractivity contribution in [3.63, 3.8) is 0 Å². The summed E-state index contributed by atoms with van der Waals surface area (Å²) in [4.78, 5) is 26.9. The van der Waals surface area contributed by atoms with E-state index in [0.717, 1.165) is 11.1 Å². The summed E-state index contributed by atoms with van der Waals surface area (Å²) in [6, 6.07) is 17.3. The zero-order valence-corrected chi connectivity index (χ0v) is 20.0. The van der Waals surface area contributed by atoms with E-state index in [9.17, 15) is 18.0 Å². The van der Waals surface area contributed by atoms with Crippen molar-refractivity contribution in [3.05, 3.63) is 71.6 Å². The van der Waals surface area contributed by atoms with E-state index < -0.39 is 10.0 Å². The lowest BCUT2D eigenvalue weighted by atomic mass is 10.0. The van der Waals surface area contributed by atoms with Crippen molar-refractivity contribution >= 4 is 21.7 Å². The van der Waals surface area contributed by atoms with Gasteiger partial charge in [-0.15, -0.1) is 0 Å². The third-order valence-electron chi connectivity index (χ3n) is 6.04. The molecule has 1 amide bonds. The zero-order chi connectivity index (χ0) is 24.3. The summed E-state index contributed by atoms with van der Waals surface area (Å²) in [6.45, 7) is 4.09. The van der Waals surface area contributed by atoms with E-state index in [-0.39, 0.29) is 61.4 Å². The number of ketones is 1. The van der Waals surface area contributed by atoms with Crippen LogP contribution in [0.4, 0.5) is 0 Å². The fraction of sp³-hybridized carbons (Fsp3) is 0.320.